The molecule has 4 N–H and O–H groups in total. The molecule has 0 aliphatic carbocycles. The van der Waals surface area contributed by atoms with Crippen molar-refractivity contribution < 1.29 is 73.7 Å². The Balaban J connectivity index is 0.00000343. The fourth-order valence-corrected chi connectivity index (χ4v) is 7.71. The van der Waals surface area contributed by atoms with Crippen LogP contribution in [0.15, 0.2) is 42.5 Å². The quantitative estimate of drug-likeness (QED) is 0.295. The maximum absolute atomic E-state index is 13.1. The van der Waals surface area contributed by atoms with Crippen molar-refractivity contribution in [1.82, 2.24) is 15.1 Å². The van der Waals surface area contributed by atoms with Gasteiger partial charge in [-0.25, -0.2) is 0 Å². The predicted octanol–water partition coefficient (Wildman–Crippen LogP) is 3.78. The molecule has 0 aromatic heterocycles. The standard InChI is InChI=1S/C34H37N3O6.Ac/c1-17-12-21-13-24-34(41)37-23(29(36(24)4)27(21)31(40)18(17)2)14-22-28(33-32(42-16-43-33)19(3)30(22)39)25(37)15-35-26(38)11-10-20-8-6-5-7-9-20;/h5-12,23-25,29,34,39-41H,13-16H2,1-4H3,(H,35,38);/b11-10+;/t23?,24-,25-,29-,34?;/m0./s1. The second kappa shape index (κ2) is 12.0. The van der Waals surface area contributed by atoms with Crippen LogP contribution in [0.2, 0.25) is 0 Å². The van der Waals surface area contributed by atoms with E-state index in [1.165, 1.54) is 6.08 Å². The number of carbonyl (C=O) groups excluding carboxylic acids is 1. The van der Waals surface area contributed by atoms with Gasteiger partial charge in [0.05, 0.1) is 18.1 Å². The number of hydrogen-bond acceptors (Lipinski definition) is 8. The van der Waals surface area contributed by atoms with E-state index in [2.05, 4.69) is 21.2 Å². The van der Waals surface area contributed by atoms with Crippen molar-refractivity contribution in [3.8, 4) is 23.0 Å². The molecule has 1 saturated heterocycles. The fraction of sp³-hybridized carbons (Fsp3) is 0.382. The van der Waals surface area contributed by atoms with Gasteiger partial charge in [-0.3, -0.25) is 14.6 Å². The number of amides is 1. The first-order valence-electron chi connectivity index (χ1n) is 14.8. The first-order chi connectivity index (χ1) is 20.7. The van der Waals surface area contributed by atoms with Crippen LogP contribution < -0.4 is 14.8 Å². The number of aryl methyl sites for hydroxylation is 1. The third-order valence-electron chi connectivity index (χ3n) is 9.99. The maximum atomic E-state index is 13.1. The Labute approximate surface area is 293 Å². The molecule has 4 aliphatic heterocycles. The van der Waals surface area contributed by atoms with Crippen molar-refractivity contribution in [2.75, 3.05) is 20.4 Å². The Morgan fingerprint density at radius 2 is 1.73 bits per heavy atom. The van der Waals surface area contributed by atoms with E-state index in [-0.39, 0.29) is 92.9 Å². The van der Waals surface area contributed by atoms with Crippen LogP contribution in [0.4, 0.5) is 0 Å². The second-order valence-corrected chi connectivity index (χ2v) is 12.2. The van der Waals surface area contributed by atoms with Gasteiger partial charge >= 0.3 is 0 Å². The van der Waals surface area contributed by atoms with Crippen molar-refractivity contribution >= 4 is 12.0 Å². The summed E-state index contributed by atoms with van der Waals surface area (Å²) in [5.41, 5.74) is 6.74. The second-order valence-electron chi connectivity index (χ2n) is 12.2. The summed E-state index contributed by atoms with van der Waals surface area (Å²) >= 11 is 0. The molecule has 10 heteroatoms. The zero-order valence-corrected chi connectivity index (χ0v) is 30.1. The minimum absolute atomic E-state index is 0. The molecule has 0 saturated carbocycles. The molecule has 9 nitrogen and oxygen atoms in total. The molecule has 44 heavy (non-hydrogen) atoms. The molecule has 0 spiro atoms. The molecule has 227 valence electrons. The molecule has 4 heterocycles. The Bertz CT molecular complexity index is 1660. The van der Waals surface area contributed by atoms with E-state index in [4.69, 9.17) is 9.47 Å². The Kier molecular flexibility index (Phi) is 8.53. The zero-order valence-electron chi connectivity index (χ0n) is 25.4. The number of phenols is 2. The molecule has 2 unspecified atom stereocenters. The molecular formula is C34H37AcN3O6. The number of carbonyl (C=O) groups is 1. The zero-order chi connectivity index (χ0) is 30.2. The average molecular weight is 811 g/mol. The summed E-state index contributed by atoms with van der Waals surface area (Å²) in [6.45, 7) is 5.94. The van der Waals surface area contributed by atoms with Crippen LogP contribution in [0.5, 0.6) is 23.0 Å². The van der Waals surface area contributed by atoms with Crippen LogP contribution in [0, 0.1) is 64.8 Å². The van der Waals surface area contributed by atoms with Crippen molar-refractivity contribution in [1.29, 1.82) is 0 Å². The van der Waals surface area contributed by atoms with Crippen molar-refractivity contribution in [3.63, 3.8) is 0 Å². The summed E-state index contributed by atoms with van der Waals surface area (Å²) in [6, 6.07) is 10.4. The number of aliphatic hydroxyl groups excluding tert-OH is 1. The van der Waals surface area contributed by atoms with Crippen LogP contribution in [0.1, 0.15) is 56.6 Å². The van der Waals surface area contributed by atoms with Gasteiger partial charge in [-0.15, -0.1) is 0 Å². The van der Waals surface area contributed by atoms with Gasteiger partial charge < -0.3 is 30.1 Å². The summed E-state index contributed by atoms with van der Waals surface area (Å²) in [7, 11) is 2.00. The number of phenolic OH excluding ortho intramolecular Hbond substituents is 2. The van der Waals surface area contributed by atoms with Gasteiger partial charge in [-0.2, -0.15) is 0 Å². The van der Waals surface area contributed by atoms with Crippen molar-refractivity contribution in [2.45, 2.75) is 64.0 Å². The molecule has 5 atom stereocenters. The smallest absolute Gasteiger partial charge is 0.244 e. The topological polar surface area (TPSA) is 115 Å². The third kappa shape index (κ3) is 4.85. The van der Waals surface area contributed by atoms with Crippen molar-refractivity contribution in [3.05, 3.63) is 87.0 Å². The molecule has 1 fully saturated rings. The number of likely N-dealkylation sites (N-methyl/N-ethyl adjacent to an activating group) is 1. The number of fused-ring (bicyclic) bond motifs is 9. The number of nitrogens with zero attached hydrogens (tertiary/aromatic N) is 2. The van der Waals surface area contributed by atoms with Gasteiger partial charge in [-0.1, -0.05) is 36.4 Å². The van der Waals surface area contributed by atoms with Crippen LogP contribution in [0.25, 0.3) is 6.08 Å². The normalized spacial score (nSPS) is 25.2. The van der Waals surface area contributed by atoms with E-state index < -0.39 is 12.3 Å². The van der Waals surface area contributed by atoms with E-state index in [9.17, 15) is 20.1 Å². The molecule has 1 radical (unpaired) electrons. The molecule has 1 amide bonds. The van der Waals surface area contributed by atoms with Gasteiger partial charge in [0, 0.05) is 85.0 Å². The van der Waals surface area contributed by atoms with Crippen LogP contribution >= 0.6 is 0 Å². The predicted molar refractivity (Wildman–Crippen MR) is 161 cm³/mol. The summed E-state index contributed by atoms with van der Waals surface area (Å²) in [4.78, 5) is 17.3. The number of benzene rings is 3. The minimum atomic E-state index is -0.875. The summed E-state index contributed by atoms with van der Waals surface area (Å²) < 4.78 is 11.8. The Morgan fingerprint density at radius 3 is 2.48 bits per heavy atom. The minimum Gasteiger partial charge on any atom is -0.507 e. The monoisotopic (exact) mass is 810 g/mol. The molecule has 7 rings (SSSR count). The van der Waals surface area contributed by atoms with Gasteiger partial charge in [0.1, 0.15) is 17.7 Å². The van der Waals surface area contributed by atoms with Gasteiger partial charge in [0.15, 0.2) is 11.5 Å². The van der Waals surface area contributed by atoms with Crippen molar-refractivity contribution in [2.24, 2.45) is 0 Å². The molecule has 3 aromatic rings. The third-order valence-corrected chi connectivity index (χ3v) is 9.99. The van der Waals surface area contributed by atoms with Crippen LogP contribution in [-0.4, -0.2) is 69.7 Å². The number of nitrogens with one attached hydrogen (secondary N) is 1. The molecule has 2 bridgehead atoms. The fourth-order valence-electron chi connectivity index (χ4n) is 7.71. The number of piperazine rings is 1. The maximum Gasteiger partial charge on any atom is 0.244 e. The Hall–Kier alpha value is -2.61. The van der Waals surface area contributed by atoms with Gasteiger partial charge in [0.25, 0.3) is 0 Å². The number of rotatable bonds is 4. The SMILES string of the molecule is Cc1cc2c(c(O)c1C)[C@@H]1C3Cc4c(O)c(C)c5c(c4[C@H](CNC(=O)/C=C/c4ccccc4)N3C(O)[C@H](C2)N1C)OCO5.[Ac]. The van der Waals surface area contributed by atoms with E-state index in [0.717, 1.165) is 38.9 Å². The number of aromatic hydroxyl groups is 2. The van der Waals surface area contributed by atoms with Gasteiger partial charge in [0.2, 0.25) is 12.7 Å². The summed E-state index contributed by atoms with van der Waals surface area (Å²) in [5.74, 6) is 1.20. The van der Waals surface area contributed by atoms with Crippen LogP contribution in [0.3, 0.4) is 0 Å². The first-order valence-corrected chi connectivity index (χ1v) is 14.8. The van der Waals surface area contributed by atoms with E-state index in [1.807, 2.05) is 58.2 Å². The largest absolute Gasteiger partial charge is 0.507 e. The molecule has 4 aliphatic rings. The number of aliphatic hydroxyl groups is 1. The molecular weight excluding hydrogens is 773 g/mol. The van der Waals surface area contributed by atoms with E-state index in [1.54, 1.807) is 6.08 Å². The van der Waals surface area contributed by atoms with E-state index >= 15 is 0 Å². The van der Waals surface area contributed by atoms with Gasteiger partial charge in [-0.05, 0) is 69.0 Å². The summed E-state index contributed by atoms with van der Waals surface area (Å²) in [5, 5.41) is 38.1. The average Bonchev–Trinajstić information content (AvgIpc) is 3.49. The van der Waals surface area contributed by atoms with E-state index in [0.29, 0.717) is 29.9 Å². The Morgan fingerprint density at radius 1 is 1.00 bits per heavy atom. The number of ether oxygens (including phenoxy) is 2. The molecule has 3 aromatic carbocycles. The van der Waals surface area contributed by atoms with Crippen LogP contribution in [-0.2, 0) is 17.6 Å². The first kappa shape index (κ1) is 31.4. The number of hydrogen-bond donors (Lipinski definition) is 4. The summed E-state index contributed by atoms with van der Waals surface area (Å²) in [6.07, 6.45) is 3.38.